The Hall–Kier alpha value is -1.81. The first-order valence-corrected chi connectivity index (χ1v) is 8.39. The minimum absolute atomic E-state index is 0.0518. The van der Waals surface area contributed by atoms with Gasteiger partial charge in [0.15, 0.2) is 0 Å². The number of allylic oxidation sites excluding steroid dienone is 1. The summed E-state index contributed by atoms with van der Waals surface area (Å²) in [6.07, 6.45) is 6.82. The summed E-state index contributed by atoms with van der Waals surface area (Å²) in [5.74, 6) is 0.814. The molecule has 2 unspecified atom stereocenters. The van der Waals surface area contributed by atoms with Crippen molar-refractivity contribution in [3.8, 4) is 5.75 Å². The van der Waals surface area contributed by atoms with Crippen molar-refractivity contribution in [1.82, 2.24) is 4.90 Å². The Balaban J connectivity index is 1.80. The van der Waals surface area contributed by atoms with Crippen LogP contribution in [0.25, 0.3) is 0 Å². The third kappa shape index (κ3) is 3.13. The number of rotatable bonds is 4. The number of amides is 1. The fourth-order valence-corrected chi connectivity index (χ4v) is 3.52. The Morgan fingerprint density at radius 2 is 2.00 bits per heavy atom. The molecule has 0 spiro atoms. The molecule has 0 aromatic heterocycles. The van der Waals surface area contributed by atoms with Gasteiger partial charge in [-0.1, -0.05) is 17.7 Å². The van der Waals surface area contributed by atoms with E-state index in [9.17, 15) is 9.90 Å². The predicted molar refractivity (Wildman–Crippen MR) is 89.2 cm³/mol. The van der Waals surface area contributed by atoms with Gasteiger partial charge in [0.05, 0.1) is 13.2 Å². The second kappa shape index (κ2) is 6.36. The molecule has 1 aliphatic heterocycles. The average molecular weight is 315 g/mol. The maximum absolute atomic E-state index is 12.6. The average Bonchev–Trinajstić information content (AvgIpc) is 3.01. The van der Waals surface area contributed by atoms with Gasteiger partial charge in [-0.25, -0.2) is 0 Å². The van der Waals surface area contributed by atoms with E-state index in [0.29, 0.717) is 0 Å². The molecular weight excluding hydrogens is 290 g/mol. The van der Waals surface area contributed by atoms with E-state index in [1.807, 2.05) is 36.1 Å². The number of nitrogens with zero attached hydrogens (tertiary/aromatic N) is 1. The number of aliphatic hydroxyl groups is 1. The molecular formula is C19H25NO3. The molecule has 3 rings (SSSR count). The van der Waals surface area contributed by atoms with Gasteiger partial charge in [0, 0.05) is 12.6 Å². The maximum atomic E-state index is 12.6. The highest BCUT2D eigenvalue weighted by Gasteiger charge is 2.42. The quantitative estimate of drug-likeness (QED) is 0.869. The van der Waals surface area contributed by atoms with Gasteiger partial charge in [-0.05, 0) is 56.7 Å². The Morgan fingerprint density at radius 3 is 2.57 bits per heavy atom. The van der Waals surface area contributed by atoms with Crippen LogP contribution in [0.2, 0.25) is 0 Å². The van der Waals surface area contributed by atoms with Gasteiger partial charge >= 0.3 is 0 Å². The minimum atomic E-state index is -1.06. The number of benzene rings is 1. The van der Waals surface area contributed by atoms with Crippen LogP contribution in [-0.4, -0.2) is 35.6 Å². The number of hydrogen-bond acceptors (Lipinski definition) is 3. The maximum Gasteiger partial charge on any atom is 0.246 e. The van der Waals surface area contributed by atoms with E-state index in [1.165, 1.54) is 12.0 Å². The Labute approximate surface area is 137 Å². The summed E-state index contributed by atoms with van der Waals surface area (Å²) in [5.41, 5.74) is 1.00. The largest absolute Gasteiger partial charge is 0.497 e. The zero-order valence-electron chi connectivity index (χ0n) is 13.9. The summed E-state index contributed by atoms with van der Waals surface area (Å²) < 4.78 is 5.18. The molecule has 1 aromatic rings. The summed E-state index contributed by atoms with van der Waals surface area (Å²) in [7, 11) is 1.62. The van der Waals surface area contributed by atoms with Crippen LogP contribution in [0.4, 0.5) is 0 Å². The van der Waals surface area contributed by atoms with Gasteiger partial charge in [0.25, 0.3) is 0 Å². The van der Waals surface area contributed by atoms with Gasteiger partial charge in [-0.2, -0.15) is 0 Å². The number of methoxy groups -OCH3 is 1. The van der Waals surface area contributed by atoms with Crippen LogP contribution in [0, 0.1) is 0 Å². The third-order valence-corrected chi connectivity index (χ3v) is 5.18. The molecule has 4 heteroatoms. The van der Waals surface area contributed by atoms with E-state index < -0.39 is 5.60 Å². The first-order valence-electron chi connectivity index (χ1n) is 8.39. The summed E-state index contributed by atoms with van der Waals surface area (Å²) in [5, 5.41) is 11.1. The topological polar surface area (TPSA) is 49.8 Å². The van der Waals surface area contributed by atoms with Crippen LogP contribution in [0.15, 0.2) is 35.9 Å². The molecule has 2 atom stereocenters. The molecule has 124 valence electrons. The summed E-state index contributed by atoms with van der Waals surface area (Å²) in [4.78, 5) is 14.4. The lowest BCUT2D eigenvalue weighted by Gasteiger charge is -2.37. The molecule has 1 amide bonds. The molecule has 4 nitrogen and oxygen atoms in total. The number of likely N-dealkylation sites (tertiary alicyclic amines) is 1. The van der Waals surface area contributed by atoms with Crippen molar-refractivity contribution in [2.45, 2.75) is 50.7 Å². The number of hydrogen-bond donors (Lipinski definition) is 1. The molecule has 1 saturated heterocycles. The monoisotopic (exact) mass is 315 g/mol. The molecule has 0 bridgehead atoms. The highest BCUT2D eigenvalue weighted by molar-refractivity contribution is 5.89. The highest BCUT2D eigenvalue weighted by Crippen LogP contribution is 2.36. The van der Waals surface area contributed by atoms with Gasteiger partial charge in [0.2, 0.25) is 5.91 Å². The third-order valence-electron chi connectivity index (χ3n) is 5.18. The lowest BCUT2D eigenvalue weighted by atomic mass is 9.86. The van der Waals surface area contributed by atoms with Gasteiger partial charge in [0.1, 0.15) is 11.4 Å². The number of ether oxygens (including phenoxy) is 1. The second-order valence-corrected chi connectivity index (χ2v) is 6.72. The lowest BCUT2D eigenvalue weighted by molar-refractivity contribution is -0.132. The van der Waals surface area contributed by atoms with E-state index in [2.05, 4.69) is 0 Å². The van der Waals surface area contributed by atoms with Crippen LogP contribution in [0.3, 0.4) is 0 Å². The Kier molecular flexibility index (Phi) is 4.44. The minimum Gasteiger partial charge on any atom is -0.497 e. The van der Waals surface area contributed by atoms with E-state index in [-0.39, 0.29) is 11.9 Å². The molecule has 23 heavy (non-hydrogen) atoms. The number of carbonyl (C=O) groups excluding carboxylic acids is 1. The van der Waals surface area contributed by atoms with Crippen molar-refractivity contribution in [3.63, 3.8) is 0 Å². The van der Waals surface area contributed by atoms with Crippen LogP contribution in [0.1, 0.15) is 44.6 Å². The highest BCUT2D eigenvalue weighted by atomic mass is 16.5. The van der Waals surface area contributed by atoms with Crippen LogP contribution < -0.4 is 4.74 Å². The molecule has 1 N–H and O–H groups in total. The standard InChI is InChI=1S/C19H25NO3/c1-19(22,15-8-10-16(23-2)11-9-15)17-7-4-12-20(17)18(21)13-14-5-3-6-14/h8-11,13,17,22H,3-7,12H2,1-2H3. The first kappa shape index (κ1) is 16.1. The van der Waals surface area contributed by atoms with Crippen LogP contribution >= 0.6 is 0 Å². The van der Waals surface area contributed by atoms with Crippen molar-refractivity contribution in [2.24, 2.45) is 0 Å². The predicted octanol–water partition coefficient (Wildman–Crippen LogP) is 3.00. The van der Waals surface area contributed by atoms with Crippen molar-refractivity contribution < 1.29 is 14.6 Å². The second-order valence-electron chi connectivity index (χ2n) is 6.72. The zero-order valence-corrected chi connectivity index (χ0v) is 13.9. The molecule has 1 aromatic carbocycles. The fourth-order valence-electron chi connectivity index (χ4n) is 3.52. The van der Waals surface area contributed by atoms with Crippen molar-refractivity contribution >= 4 is 5.91 Å². The number of carbonyl (C=O) groups is 1. The molecule has 1 heterocycles. The van der Waals surface area contributed by atoms with E-state index in [4.69, 9.17) is 4.74 Å². The van der Waals surface area contributed by atoms with Crippen molar-refractivity contribution in [2.75, 3.05) is 13.7 Å². The van der Waals surface area contributed by atoms with Crippen molar-refractivity contribution in [1.29, 1.82) is 0 Å². The summed E-state index contributed by atoms with van der Waals surface area (Å²) in [6.45, 7) is 2.53. The molecule has 1 aliphatic carbocycles. The van der Waals surface area contributed by atoms with Gasteiger partial charge in [-0.3, -0.25) is 4.79 Å². The van der Waals surface area contributed by atoms with Crippen LogP contribution in [-0.2, 0) is 10.4 Å². The normalized spacial score (nSPS) is 23.2. The first-order chi connectivity index (χ1) is 11.0. The van der Waals surface area contributed by atoms with E-state index in [0.717, 1.165) is 43.5 Å². The molecule has 2 aliphatic rings. The van der Waals surface area contributed by atoms with Gasteiger partial charge in [-0.15, -0.1) is 0 Å². The summed E-state index contributed by atoms with van der Waals surface area (Å²) >= 11 is 0. The molecule has 1 saturated carbocycles. The van der Waals surface area contributed by atoms with Crippen LogP contribution in [0.5, 0.6) is 5.75 Å². The Morgan fingerprint density at radius 1 is 1.30 bits per heavy atom. The lowest BCUT2D eigenvalue weighted by Crippen LogP contribution is -2.47. The molecule has 2 fully saturated rings. The summed E-state index contributed by atoms with van der Waals surface area (Å²) in [6, 6.07) is 7.28. The van der Waals surface area contributed by atoms with E-state index >= 15 is 0 Å². The zero-order chi connectivity index (χ0) is 16.4. The smallest absolute Gasteiger partial charge is 0.246 e. The van der Waals surface area contributed by atoms with Crippen molar-refractivity contribution in [3.05, 3.63) is 41.5 Å². The van der Waals surface area contributed by atoms with Gasteiger partial charge < -0.3 is 14.7 Å². The molecule has 0 radical (unpaired) electrons. The fraction of sp³-hybridized carbons (Fsp3) is 0.526. The van der Waals surface area contributed by atoms with E-state index in [1.54, 1.807) is 13.2 Å². The SMILES string of the molecule is COc1ccc(C(C)(O)C2CCCN2C(=O)C=C2CCC2)cc1. The Bertz CT molecular complexity index is 598.